The molecule has 9 heteroatoms. The van der Waals surface area contributed by atoms with Crippen LogP contribution in [0.1, 0.15) is 76.5 Å². The van der Waals surface area contributed by atoms with Crippen molar-refractivity contribution in [2.45, 2.75) is 97.4 Å². The number of esters is 1. The average Bonchev–Trinajstić information content (AvgIpc) is 2.90. The van der Waals surface area contributed by atoms with E-state index in [1.165, 1.54) is 0 Å². The molecule has 0 aliphatic heterocycles. The number of benzene rings is 2. The number of carbonyl (C=O) groups is 4. The molecule has 9 nitrogen and oxygen atoms in total. The van der Waals surface area contributed by atoms with Gasteiger partial charge in [-0.1, -0.05) is 67.1 Å². The minimum Gasteiger partial charge on any atom is -0.461 e. The molecule has 2 rings (SSSR count). The lowest BCUT2D eigenvalue weighted by Gasteiger charge is -2.34. The zero-order chi connectivity index (χ0) is 30.4. The Balaban J connectivity index is 2.19. The van der Waals surface area contributed by atoms with Crippen molar-refractivity contribution in [2.75, 3.05) is 6.54 Å². The maximum atomic E-state index is 14.0. The van der Waals surface area contributed by atoms with Crippen molar-refractivity contribution in [1.29, 1.82) is 0 Å². The number of nitrogens with one attached hydrogen (secondary N) is 1. The molecule has 2 aromatic carbocycles. The second-order valence-electron chi connectivity index (χ2n) is 11.3. The molecular weight excluding hydrogens is 522 g/mol. The van der Waals surface area contributed by atoms with Crippen LogP contribution in [0.25, 0.3) is 0 Å². The molecule has 0 bridgehead atoms. The Labute approximate surface area is 243 Å². The highest BCUT2D eigenvalue weighted by molar-refractivity contribution is 5.86. The number of alkyl carbamates (subject to hydrolysis) is 1. The Morgan fingerprint density at radius 2 is 1.63 bits per heavy atom. The maximum absolute atomic E-state index is 14.0. The summed E-state index contributed by atoms with van der Waals surface area (Å²) in [7, 11) is 0. The molecular formula is C32H45N3O6. The van der Waals surface area contributed by atoms with E-state index in [4.69, 9.17) is 15.2 Å². The van der Waals surface area contributed by atoms with Crippen molar-refractivity contribution < 1.29 is 28.7 Å². The van der Waals surface area contributed by atoms with Gasteiger partial charge in [-0.2, -0.15) is 0 Å². The second-order valence-corrected chi connectivity index (χ2v) is 11.3. The Bertz CT molecular complexity index is 1130. The third-order valence-corrected chi connectivity index (χ3v) is 6.32. The lowest BCUT2D eigenvalue weighted by atomic mass is 9.98. The van der Waals surface area contributed by atoms with Crippen LogP contribution in [0.2, 0.25) is 0 Å². The van der Waals surface area contributed by atoms with Gasteiger partial charge >= 0.3 is 12.1 Å². The standard InChI is InChI=1S/C32H45N3O6/c1-6-19-35(26(21-28(33)36)20-24-17-15-23(2)16-18-24)30(38)27(34-31(39)41-32(3,4)5)13-10-14-29(37)40-22-25-11-8-7-9-12-25/h7-9,11-12,15-18,26-27H,6,10,13-14,19-22H2,1-5H3,(H2,33,36)(H,34,39)/t26-,27-/m0/s1. The van der Waals surface area contributed by atoms with E-state index in [0.717, 1.165) is 16.7 Å². The fourth-order valence-electron chi connectivity index (χ4n) is 4.40. The minimum absolute atomic E-state index is 0.0232. The van der Waals surface area contributed by atoms with Gasteiger partial charge in [-0.15, -0.1) is 0 Å². The third kappa shape index (κ3) is 12.9. The SMILES string of the molecule is CCCN(C(=O)[C@H](CCCC(=O)OCc1ccccc1)NC(=O)OC(C)(C)C)[C@H](CC(N)=O)Cc1ccc(C)cc1. The molecule has 0 heterocycles. The van der Waals surface area contributed by atoms with Gasteiger partial charge in [0.05, 0.1) is 0 Å². The molecule has 0 radical (unpaired) electrons. The van der Waals surface area contributed by atoms with Gasteiger partial charge in [-0.05, 0) is 64.5 Å². The summed E-state index contributed by atoms with van der Waals surface area (Å²) in [4.78, 5) is 52.7. The molecule has 2 aromatic rings. The summed E-state index contributed by atoms with van der Waals surface area (Å²) in [5.74, 6) is -1.27. The van der Waals surface area contributed by atoms with Gasteiger partial charge in [0.15, 0.2) is 0 Å². The van der Waals surface area contributed by atoms with Crippen molar-refractivity contribution in [2.24, 2.45) is 5.73 Å². The molecule has 0 spiro atoms. The van der Waals surface area contributed by atoms with Crippen molar-refractivity contribution in [3.8, 4) is 0 Å². The van der Waals surface area contributed by atoms with E-state index in [9.17, 15) is 19.2 Å². The van der Waals surface area contributed by atoms with Crippen LogP contribution < -0.4 is 11.1 Å². The number of hydrogen-bond donors (Lipinski definition) is 2. The molecule has 41 heavy (non-hydrogen) atoms. The highest BCUT2D eigenvalue weighted by Gasteiger charge is 2.32. The fourth-order valence-corrected chi connectivity index (χ4v) is 4.40. The smallest absolute Gasteiger partial charge is 0.408 e. The van der Waals surface area contributed by atoms with E-state index in [-0.39, 0.29) is 31.8 Å². The van der Waals surface area contributed by atoms with Crippen molar-refractivity contribution in [3.05, 3.63) is 71.3 Å². The summed E-state index contributed by atoms with van der Waals surface area (Å²) in [6.45, 7) is 9.67. The van der Waals surface area contributed by atoms with E-state index < -0.39 is 35.7 Å². The minimum atomic E-state index is -0.966. The van der Waals surface area contributed by atoms with Gasteiger partial charge in [-0.3, -0.25) is 14.4 Å². The Kier molecular flexibility index (Phi) is 13.3. The van der Waals surface area contributed by atoms with E-state index in [2.05, 4.69) is 5.32 Å². The van der Waals surface area contributed by atoms with Gasteiger partial charge in [0.1, 0.15) is 18.2 Å². The second kappa shape index (κ2) is 16.4. The first kappa shape index (κ1) is 33.3. The van der Waals surface area contributed by atoms with Crippen LogP contribution in [0.3, 0.4) is 0 Å². The van der Waals surface area contributed by atoms with E-state index in [1.54, 1.807) is 25.7 Å². The van der Waals surface area contributed by atoms with Gasteiger partial charge in [0, 0.05) is 25.4 Å². The van der Waals surface area contributed by atoms with Crippen LogP contribution in [-0.2, 0) is 36.9 Å². The number of aryl methyl sites for hydroxylation is 1. The van der Waals surface area contributed by atoms with Crippen molar-refractivity contribution >= 4 is 23.9 Å². The summed E-state index contributed by atoms with van der Waals surface area (Å²) in [6.07, 6.45) is 0.882. The molecule has 0 saturated heterocycles. The monoisotopic (exact) mass is 567 g/mol. The first-order chi connectivity index (χ1) is 19.4. The number of carbonyl (C=O) groups excluding carboxylic acids is 4. The maximum Gasteiger partial charge on any atom is 0.408 e. The van der Waals surface area contributed by atoms with Crippen LogP contribution in [0.4, 0.5) is 4.79 Å². The molecule has 3 N–H and O–H groups in total. The molecule has 0 fully saturated rings. The van der Waals surface area contributed by atoms with E-state index in [1.807, 2.05) is 68.4 Å². The van der Waals surface area contributed by atoms with Crippen LogP contribution in [0, 0.1) is 6.92 Å². The zero-order valence-electron chi connectivity index (χ0n) is 25.0. The molecule has 3 amide bonds. The van der Waals surface area contributed by atoms with Crippen molar-refractivity contribution in [1.82, 2.24) is 10.2 Å². The summed E-state index contributed by atoms with van der Waals surface area (Å²) < 4.78 is 10.8. The predicted molar refractivity (Wildman–Crippen MR) is 158 cm³/mol. The molecule has 0 aliphatic carbocycles. The van der Waals surface area contributed by atoms with Gasteiger partial charge in [0.25, 0.3) is 0 Å². The zero-order valence-corrected chi connectivity index (χ0v) is 25.0. The molecule has 0 saturated carbocycles. The number of ether oxygens (including phenoxy) is 2. The fraction of sp³-hybridized carbons (Fsp3) is 0.500. The molecule has 224 valence electrons. The van der Waals surface area contributed by atoms with E-state index >= 15 is 0 Å². The molecule has 0 unspecified atom stereocenters. The lowest BCUT2D eigenvalue weighted by Crippen LogP contribution is -2.54. The van der Waals surface area contributed by atoms with Crippen LogP contribution in [0.5, 0.6) is 0 Å². The Morgan fingerprint density at radius 1 is 0.976 bits per heavy atom. The number of amides is 3. The van der Waals surface area contributed by atoms with Gasteiger partial charge in [-0.25, -0.2) is 4.79 Å². The van der Waals surface area contributed by atoms with Crippen LogP contribution >= 0.6 is 0 Å². The van der Waals surface area contributed by atoms with Gasteiger partial charge in [0.2, 0.25) is 11.8 Å². The normalized spacial score (nSPS) is 12.6. The topological polar surface area (TPSA) is 128 Å². The molecule has 0 aromatic heterocycles. The van der Waals surface area contributed by atoms with Crippen LogP contribution in [-0.4, -0.2) is 53.0 Å². The molecule has 2 atom stereocenters. The summed E-state index contributed by atoms with van der Waals surface area (Å²) in [5.41, 5.74) is 7.78. The summed E-state index contributed by atoms with van der Waals surface area (Å²) >= 11 is 0. The number of primary amides is 1. The van der Waals surface area contributed by atoms with Crippen molar-refractivity contribution in [3.63, 3.8) is 0 Å². The number of hydrogen-bond acceptors (Lipinski definition) is 6. The summed E-state index contributed by atoms with van der Waals surface area (Å²) in [6, 6.07) is 15.8. The first-order valence-electron chi connectivity index (χ1n) is 14.2. The highest BCUT2D eigenvalue weighted by Crippen LogP contribution is 2.18. The number of nitrogens with zero attached hydrogens (tertiary/aromatic N) is 1. The Hall–Kier alpha value is -3.88. The number of rotatable bonds is 15. The van der Waals surface area contributed by atoms with Crippen LogP contribution in [0.15, 0.2) is 54.6 Å². The number of nitrogens with two attached hydrogens (primary N) is 1. The Morgan fingerprint density at radius 3 is 2.22 bits per heavy atom. The molecule has 0 aliphatic rings. The van der Waals surface area contributed by atoms with E-state index in [0.29, 0.717) is 25.8 Å². The highest BCUT2D eigenvalue weighted by atomic mass is 16.6. The first-order valence-corrected chi connectivity index (χ1v) is 14.2. The quantitative estimate of drug-likeness (QED) is 0.297. The predicted octanol–water partition coefficient (Wildman–Crippen LogP) is 4.83. The summed E-state index contributed by atoms with van der Waals surface area (Å²) in [5, 5.41) is 2.70. The van der Waals surface area contributed by atoms with Gasteiger partial charge < -0.3 is 25.4 Å². The average molecular weight is 568 g/mol. The lowest BCUT2D eigenvalue weighted by molar-refractivity contribution is -0.145. The third-order valence-electron chi connectivity index (χ3n) is 6.32. The largest absolute Gasteiger partial charge is 0.461 e.